The second kappa shape index (κ2) is 3.69. The molecule has 1 fully saturated rings. The Morgan fingerprint density at radius 2 is 1.55 bits per heavy atom. The number of aliphatic imine (C=N–C) groups is 1. The summed E-state index contributed by atoms with van der Waals surface area (Å²) >= 11 is 0. The molecule has 2 atom stereocenters. The zero-order valence-electron chi connectivity index (χ0n) is 11.5. The van der Waals surface area contributed by atoms with Crippen LogP contribution in [0.15, 0.2) is 66.2 Å². The largest absolute Gasteiger partial charge is 0.288 e. The molecule has 0 bridgehead atoms. The Kier molecular flexibility index (Phi) is 2.15. The van der Waals surface area contributed by atoms with Gasteiger partial charge in [-0.05, 0) is 41.8 Å². The summed E-state index contributed by atoms with van der Waals surface area (Å²) in [6, 6.07) is 17.3. The van der Waals surface area contributed by atoms with Crippen LogP contribution in [0.4, 0.5) is 0 Å². The minimum atomic E-state index is -0.210. The Balaban J connectivity index is 2.09. The van der Waals surface area contributed by atoms with E-state index in [9.17, 15) is 0 Å². The van der Waals surface area contributed by atoms with Gasteiger partial charge in [0.1, 0.15) is 0 Å². The number of rotatable bonds is 2. The lowest BCUT2D eigenvalue weighted by atomic mass is 9.87. The molecule has 2 aliphatic carbocycles. The maximum atomic E-state index is 4.58. The van der Waals surface area contributed by atoms with E-state index in [0.29, 0.717) is 0 Å². The average Bonchev–Trinajstić information content (AvgIpc) is 3.19. The summed E-state index contributed by atoms with van der Waals surface area (Å²) in [5, 5.41) is 0. The molecule has 0 heterocycles. The van der Waals surface area contributed by atoms with Gasteiger partial charge in [0, 0.05) is 5.41 Å². The molecular weight excluding hydrogens is 242 g/mol. The summed E-state index contributed by atoms with van der Waals surface area (Å²) < 4.78 is 0. The topological polar surface area (TPSA) is 12.4 Å². The van der Waals surface area contributed by atoms with Crippen LogP contribution in [0.3, 0.4) is 0 Å². The minimum absolute atomic E-state index is 0.0715. The predicted octanol–water partition coefficient (Wildman–Crippen LogP) is 4.01. The number of hydrogen-bond acceptors (Lipinski definition) is 1. The van der Waals surface area contributed by atoms with Gasteiger partial charge in [-0.25, -0.2) is 0 Å². The lowest BCUT2D eigenvalue weighted by molar-refractivity contribution is 0.647. The maximum absolute atomic E-state index is 4.58. The first-order chi connectivity index (χ1) is 9.77. The highest BCUT2D eigenvalue weighted by atomic mass is 15.0. The van der Waals surface area contributed by atoms with Gasteiger partial charge in [0.15, 0.2) is 0 Å². The van der Waals surface area contributed by atoms with Crippen LogP contribution in [0, 0.1) is 0 Å². The molecule has 2 aromatic rings. The van der Waals surface area contributed by atoms with Crippen LogP contribution < -0.4 is 0 Å². The normalized spacial score (nSPS) is 29.4. The van der Waals surface area contributed by atoms with Gasteiger partial charge in [-0.2, -0.15) is 0 Å². The number of benzene rings is 2. The third-order valence-electron chi connectivity index (χ3n) is 5.11. The molecule has 0 aromatic heterocycles. The maximum Gasteiger partial charge on any atom is 0.0996 e. The van der Waals surface area contributed by atoms with E-state index >= 15 is 0 Å². The lowest BCUT2D eigenvalue weighted by Gasteiger charge is -2.20. The Morgan fingerprint density at radius 1 is 0.950 bits per heavy atom. The van der Waals surface area contributed by atoms with Crippen molar-refractivity contribution in [2.75, 3.05) is 0 Å². The van der Waals surface area contributed by atoms with E-state index in [1.165, 1.54) is 22.3 Å². The highest BCUT2D eigenvalue weighted by Gasteiger charge is 2.69. The molecule has 2 aromatic carbocycles. The lowest BCUT2D eigenvalue weighted by Crippen LogP contribution is -2.18. The SMILES string of the molecule is C=CC12CC1(N=C)c1ccccc1Cc1ccccc12. The molecule has 1 heteroatoms. The van der Waals surface area contributed by atoms with Gasteiger partial charge < -0.3 is 0 Å². The van der Waals surface area contributed by atoms with Gasteiger partial charge >= 0.3 is 0 Å². The third kappa shape index (κ3) is 1.16. The van der Waals surface area contributed by atoms with Gasteiger partial charge in [-0.3, -0.25) is 4.99 Å². The monoisotopic (exact) mass is 259 g/mol. The van der Waals surface area contributed by atoms with Crippen molar-refractivity contribution in [2.45, 2.75) is 23.8 Å². The van der Waals surface area contributed by atoms with Gasteiger partial charge in [0.25, 0.3) is 0 Å². The minimum Gasteiger partial charge on any atom is -0.288 e. The molecule has 0 radical (unpaired) electrons. The zero-order chi connectivity index (χ0) is 13.8. The van der Waals surface area contributed by atoms with E-state index in [-0.39, 0.29) is 11.0 Å². The fourth-order valence-corrected chi connectivity index (χ4v) is 4.04. The predicted molar refractivity (Wildman–Crippen MR) is 83.4 cm³/mol. The summed E-state index contributed by atoms with van der Waals surface area (Å²) in [5.74, 6) is 0. The fourth-order valence-electron chi connectivity index (χ4n) is 4.04. The first-order valence-corrected chi connectivity index (χ1v) is 7.06. The second-order valence-electron chi connectivity index (χ2n) is 5.86. The molecule has 0 amide bonds. The van der Waals surface area contributed by atoms with Crippen molar-refractivity contribution in [3.8, 4) is 0 Å². The van der Waals surface area contributed by atoms with E-state index in [0.717, 1.165) is 12.8 Å². The Morgan fingerprint density at radius 3 is 2.20 bits per heavy atom. The summed E-state index contributed by atoms with van der Waals surface area (Å²) in [6.45, 7) is 8.02. The molecule has 0 aliphatic heterocycles. The molecule has 1 nitrogen and oxygen atoms in total. The first kappa shape index (κ1) is 11.7. The summed E-state index contributed by atoms with van der Waals surface area (Å²) in [4.78, 5) is 4.58. The van der Waals surface area contributed by atoms with Crippen LogP contribution in [0.2, 0.25) is 0 Å². The van der Waals surface area contributed by atoms with Gasteiger partial charge in [0.05, 0.1) is 5.54 Å². The van der Waals surface area contributed by atoms with Crippen molar-refractivity contribution in [3.05, 3.63) is 83.4 Å². The molecular formula is C19H17N. The average molecular weight is 259 g/mol. The third-order valence-corrected chi connectivity index (χ3v) is 5.11. The summed E-state index contributed by atoms with van der Waals surface area (Å²) in [6.07, 6.45) is 4.04. The van der Waals surface area contributed by atoms with E-state index in [1.807, 2.05) is 0 Å². The molecule has 1 saturated carbocycles. The van der Waals surface area contributed by atoms with Crippen molar-refractivity contribution in [2.24, 2.45) is 4.99 Å². The molecule has 20 heavy (non-hydrogen) atoms. The Labute approximate surface area is 119 Å². The van der Waals surface area contributed by atoms with E-state index < -0.39 is 0 Å². The zero-order valence-corrected chi connectivity index (χ0v) is 11.5. The highest BCUT2D eigenvalue weighted by Crippen LogP contribution is 2.69. The van der Waals surface area contributed by atoms with Crippen molar-refractivity contribution in [3.63, 3.8) is 0 Å². The summed E-state index contributed by atoms with van der Waals surface area (Å²) in [7, 11) is 0. The van der Waals surface area contributed by atoms with Crippen molar-refractivity contribution < 1.29 is 0 Å². The van der Waals surface area contributed by atoms with E-state index in [2.05, 4.69) is 72.9 Å². The van der Waals surface area contributed by atoms with E-state index in [4.69, 9.17) is 0 Å². The Bertz CT molecular complexity index is 669. The van der Waals surface area contributed by atoms with Crippen LogP contribution in [0.1, 0.15) is 28.7 Å². The molecule has 2 unspecified atom stereocenters. The highest BCUT2D eigenvalue weighted by molar-refractivity contribution is 5.62. The fraction of sp³-hybridized carbons (Fsp3) is 0.211. The Hall–Kier alpha value is -2.15. The second-order valence-corrected chi connectivity index (χ2v) is 5.86. The van der Waals surface area contributed by atoms with Crippen molar-refractivity contribution >= 4 is 6.72 Å². The van der Waals surface area contributed by atoms with Crippen LogP contribution in [0.25, 0.3) is 0 Å². The smallest absolute Gasteiger partial charge is 0.0996 e. The standard InChI is InChI=1S/C19H17N/c1-3-18-13-19(18,20-2)17-11-7-5-9-15(17)12-14-8-4-6-10-16(14)18/h3-11H,1-2,12-13H2. The molecule has 98 valence electrons. The number of hydrogen-bond donors (Lipinski definition) is 0. The van der Waals surface area contributed by atoms with Crippen LogP contribution in [-0.2, 0) is 17.4 Å². The van der Waals surface area contributed by atoms with Crippen molar-refractivity contribution in [1.82, 2.24) is 0 Å². The molecule has 0 saturated heterocycles. The number of nitrogens with zero attached hydrogens (tertiary/aromatic N) is 1. The van der Waals surface area contributed by atoms with Gasteiger partial charge in [-0.1, -0.05) is 54.6 Å². The first-order valence-electron chi connectivity index (χ1n) is 7.06. The number of fused-ring (bicyclic) bond motifs is 5. The van der Waals surface area contributed by atoms with Crippen LogP contribution in [-0.4, -0.2) is 6.72 Å². The molecule has 0 spiro atoms. The van der Waals surface area contributed by atoms with Crippen molar-refractivity contribution in [1.29, 1.82) is 0 Å². The van der Waals surface area contributed by atoms with Crippen LogP contribution >= 0.6 is 0 Å². The molecule has 0 N–H and O–H groups in total. The van der Waals surface area contributed by atoms with Crippen LogP contribution in [0.5, 0.6) is 0 Å². The molecule has 4 rings (SSSR count). The van der Waals surface area contributed by atoms with Gasteiger partial charge in [0.2, 0.25) is 0 Å². The van der Waals surface area contributed by atoms with Gasteiger partial charge in [-0.15, -0.1) is 6.58 Å². The molecule has 2 aliphatic rings. The summed E-state index contributed by atoms with van der Waals surface area (Å²) in [5.41, 5.74) is 5.18. The van der Waals surface area contributed by atoms with E-state index in [1.54, 1.807) is 0 Å². The quantitative estimate of drug-likeness (QED) is 0.570.